The Bertz CT molecular complexity index is 671. The van der Waals surface area contributed by atoms with Crippen LogP contribution in [0, 0.1) is 10.1 Å². The fraction of sp³-hybridized carbons (Fsp3) is 0.438. The Morgan fingerprint density at radius 3 is 2.78 bits per heavy atom. The number of carbonyl (C=O) groups is 1. The van der Waals surface area contributed by atoms with E-state index in [1.54, 1.807) is 4.90 Å². The second-order valence-electron chi connectivity index (χ2n) is 5.73. The van der Waals surface area contributed by atoms with Gasteiger partial charge in [0.1, 0.15) is 0 Å². The van der Waals surface area contributed by atoms with Gasteiger partial charge in [-0.15, -0.1) is 0 Å². The van der Waals surface area contributed by atoms with E-state index in [1.807, 2.05) is 6.92 Å². The monoisotopic (exact) mass is 318 g/mol. The van der Waals surface area contributed by atoms with Gasteiger partial charge in [0.15, 0.2) is 11.5 Å². The number of fused-ring (bicyclic) bond motifs is 1. The number of nitro groups is 1. The highest BCUT2D eigenvalue weighted by Gasteiger charge is 2.24. The summed E-state index contributed by atoms with van der Waals surface area (Å²) in [6, 6.07) is 3.06. The highest BCUT2D eigenvalue weighted by Crippen LogP contribution is 2.38. The maximum atomic E-state index is 12.3. The molecule has 0 aliphatic carbocycles. The van der Waals surface area contributed by atoms with Gasteiger partial charge in [-0.1, -0.05) is 0 Å². The summed E-state index contributed by atoms with van der Waals surface area (Å²) in [4.78, 5) is 24.8. The van der Waals surface area contributed by atoms with Crippen molar-refractivity contribution in [2.45, 2.75) is 32.2 Å². The standard InChI is InChI=1S/C16H18N2O5/c1-11-4-2-3-7-17(11)16(19)6-5-12-8-14-15(23-10-22-14)9-13(12)18(20)21/h5-6,8-9,11H,2-4,7,10H2,1H3/b6-5+. The number of amides is 1. The predicted octanol–water partition coefficient (Wildman–Crippen LogP) is 2.74. The number of ether oxygens (including phenoxy) is 2. The summed E-state index contributed by atoms with van der Waals surface area (Å²) in [6.45, 7) is 2.80. The summed E-state index contributed by atoms with van der Waals surface area (Å²) in [7, 11) is 0. The lowest BCUT2D eigenvalue weighted by atomic mass is 10.0. The zero-order valence-corrected chi connectivity index (χ0v) is 12.9. The molecule has 1 atom stereocenters. The molecule has 2 heterocycles. The molecule has 122 valence electrons. The molecule has 1 unspecified atom stereocenters. The average molecular weight is 318 g/mol. The number of nitrogens with zero attached hydrogens (tertiary/aromatic N) is 2. The van der Waals surface area contributed by atoms with Gasteiger partial charge in [0.25, 0.3) is 5.69 Å². The largest absolute Gasteiger partial charge is 0.454 e. The van der Waals surface area contributed by atoms with E-state index in [2.05, 4.69) is 0 Å². The zero-order valence-electron chi connectivity index (χ0n) is 12.9. The predicted molar refractivity (Wildman–Crippen MR) is 83.3 cm³/mol. The maximum Gasteiger partial charge on any atom is 0.280 e. The first kappa shape index (κ1) is 15.3. The number of benzene rings is 1. The van der Waals surface area contributed by atoms with Crippen LogP contribution in [-0.4, -0.2) is 35.1 Å². The fourth-order valence-electron chi connectivity index (χ4n) is 2.92. The Hall–Kier alpha value is -2.57. The van der Waals surface area contributed by atoms with Crippen LogP contribution in [0.4, 0.5) is 5.69 Å². The number of rotatable bonds is 3. The first-order chi connectivity index (χ1) is 11.1. The smallest absolute Gasteiger partial charge is 0.280 e. The van der Waals surface area contributed by atoms with Gasteiger partial charge in [-0.25, -0.2) is 0 Å². The molecule has 2 aliphatic heterocycles. The van der Waals surface area contributed by atoms with Crippen LogP contribution in [0.1, 0.15) is 31.7 Å². The van der Waals surface area contributed by atoms with Crippen molar-refractivity contribution >= 4 is 17.7 Å². The number of carbonyl (C=O) groups excluding carboxylic acids is 1. The second kappa shape index (κ2) is 6.28. The van der Waals surface area contributed by atoms with Gasteiger partial charge in [0.05, 0.1) is 16.6 Å². The van der Waals surface area contributed by atoms with Crippen molar-refractivity contribution in [3.05, 3.63) is 33.9 Å². The van der Waals surface area contributed by atoms with Crippen LogP contribution in [0.15, 0.2) is 18.2 Å². The van der Waals surface area contributed by atoms with Crippen molar-refractivity contribution < 1.29 is 19.2 Å². The highest BCUT2D eigenvalue weighted by atomic mass is 16.7. The van der Waals surface area contributed by atoms with Crippen molar-refractivity contribution in [2.75, 3.05) is 13.3 Å². The molecule has 7 nitrogen and oxygen atoms in total. The Balaban J connectivity index is 1.84. The number of piperidine rings is 1. The molecule has 0 aromatic heterocycles. The van der Waals surface area contributed by atoms with Crippen LogP contribution in [0.25, 0.3) is 6.08 Å². The van der Waals surface area contributed by atoms with E-state index in [0.29, 0.717) is 17.1 Å². The fourth-order valence-corrected chi connectivity index (χ4v) is 2.92. The van der Waals surface area contributed by atoms with Crippen LogP contribution >= 0.6 is 0 Å². The zero-order chi connectivity index (χ0) is 16.4. The van der Waals surface area contributed by atoms with Gasteiger partial charge >= 0.3 is 0 Å². The molecule has 1 saturated heterocycles. The van der Waals surface area contributed by atoms with Gasteiger partial charge in [-0.2, -0.15) is 0 Å². The van der Waals surface area contributed by atoms with Crippen LogP contribution in [0.5, 0.6) is 11.5 Å². The first-order valence-corrected chi connectivity index (χ1v) is 7.63. The lowest BCUT2D eigenvalue weighted by Gasteiger charge is -2.32. The highest BCUT2D eigenvalue weighted by molar-refractivity contribution is 5.92. The van der Waals surface area contributed by atoms with Gasteiger partial charge < -0.3 is 14.4 Å². The molecule has 2 aliphatic rings. The molecule has 3 rings (SSSR count). The molecule has 1 aromatic rings. The number of hydrogen-bond donors (Lipinski definition) is 0. The van der Waals surface area contributed by atoms with Crippen molar-refractivity contribution in [1.29, 1.82) is 0 Å². The van der Waals surface area contributed by atoms with Crippen LogP contribution in [0.2, 0.25) is 0 Å². The van der Waals surface area contributed by atoms with Gasteiger partial charge in [0, 0.05) is 18.7 Å². The normalized spacial score (nSPS) is 20.0. The molecule has 0 spiro atoms. The minimum absolute atomic E-state index is 0.0455. The Kier molecular flexibility index (Phi) is 4.18. The summed E-state index contributed by atoms with van der Waals surface area (Å²) in [6.07, 6.45) is 5.98. The van der Waals surface area contributed by atoms with E-state index in [-0.39, 0.29) is 24.4 Å². The van der Waals surface area contributed by atoms with Crippen LogP contribution < -0.4 is 9.47 Å². The van der Waals surface area contributed by atoms with Crippen molar-refractivity contribution in [3.8, 4) is 11.5 Å². The summed E-state index contributed by atoms with van der Waals surface area (Å²) in [5, 5.41) is 11.2. The lowest BCUT2D eigenvalue weighted by molar-refractivity contribution is -0.385. The van der Waals surface area contributed by atoms with Gasteiger partial charge in [-0.3, -0.25) is 14.9 Å². The van der Waals surface area contributed by atoms with E-state index >= 15 is 0 Å². The Labute approximate surface area is 133 Å². The molecule has 0 radical (unpaired) electrons. The molecule has 0 N–H and O–H groups in total. The van der Waals surface area contributed by atoms with Crippen molar-refractivity contribution in [2.24, 2.45) is 0 Å². The van der Waals surface area contributed by atoms with Gasteiger partial charge in [-0.05, 0) is 38.3 Å². The molecule has 0 bridgehead atoms. The quantitative estimate of drug-likeness (QED) is 0.486. The molecule has 0 saturated carbocycles. The van der Waals surface area contributed by atoms with Gasteiger partial charge in [0.2, 0.25) is 12.7 Å². The third-order valence-corrected chi connectivity index (χ3v) is 4.21. The summed E-state index contributed by atoms with van der Waals surface area (Å²) >= 11 is 0. The summed E-state index contributed by atoms with van der Waals surface area (Å²) in [5.74, 6) is 0.683. The van der Waals surface area contributed by atoms with Crippen LogP contribution in [-0.2, 0) is 4.79 Å². The minimum Gasteiger partial charge on any atom is -0.454 e. The number of likely N-dealkylation sites (tertiary alicyclic amines) is 1. The molecule has 23 heavy (non-hydrogen) atoms. The third-order valence-electron chi connectivity index (χ3n) is 4.21. The van der Waals surface area contributed by atoms with E-state index < -0.39 is 4.92 Å². The molecular weight excluding hydrogens is 300 g/mol. The SMILES string of the molecule is CC1CCCCN1C(=O)/C=C/c1cc2c(cc1[N+](=O)[O-])OCO2. The molecule has 1 fully saturated rings. The van der Waals surface area contributed by atoms with Crippen molar-refractivity contribution in [1.82, 2.24) is 4.90 Å². The van der Waals surface area contributed by atoms with Crippen LogP contribution in [0.3, 0.4) is 0 Å². The topological polar surface area (TPSA) is 81.9 Å². The number of hydrogen-bond acceptors (Lipinski definition) is 5. The van der Waals surface area contributed by atoms with E-state index in [1.165, 1.54) is 24.3 Å². The minimum atomic E-state index is -0.490. The molecule has 1 amide bonds. The Morgan fingerprint density at radius 2 is 2.09 bits per heavy atom. The third kappa shape index (κ3) is 3.13. The first-order valence-electron chi connectivity index (χ1n) is 7.63. The average Bonchev–Trinajstić information content (AvgIpc) is 2.99. The summed E-state index contributed by atoms with van der Waals surface area (Å²) < 4.78 is 10.4. The Morgan fingerprint density at radius 1 is 1.35 bits per heavy atom. The van der Waals surface area contributed by atoms with Crippen molar-refractivity contribution in [3.63, 3.8) is 0 Å². The van der Waals surface area contributed by atoms with E-state index in [0.717, 1.165) is 25.8 Å². The summed E-state index contributed by atoms with van der Waals surface area (Å²) in [5.41, 5.74) is 0.224. The molecule has 1 aromatic carbocycles. The molecule has 7 heteroatoms. The second-order valence-corrected chi connectivity index (χ2v) is 5.73. The lowest BCUT2D eigenvalue weighted by Crippen LogP contribution is -2.41. The number of nitro benzene ring substituents is 1. The van der Waals surface area contributed by atoms with E-state index in [4.69, 9.17) is 9.47 Å². The maximum absolute atomic E-state index is 12.3. The molecular formula is C16H18N2O5. The van der Waals surface area contributed by atoms with E-state index in [9.17, 15) is 14.9 Å².